The molecule has 5 atom stereocenters. The molecule has 0 bridgehead atoms. The zero-order valence-electron chi connectivity index (χ0n) is 7.08. The van der Waals surface area contributed by atoms with E-state index in [4.69, 9.17) is 0 Å². The second kappa shape index (κ2) is 2.93. The molecule has 1 saturated carbocycles. The van der Waals surface area contributed by atoms with E-state index in [0.29, 0.717) is 5.92 Å². The van der Waals surface area contributed by atoms with Crippen molar-refractivity contribution < 1.29 is 15.4 Å². The van der Waals surface area contributed by atoms with Crippen molar-refractivity contribution in [2.45, 2.75) is 38.3 Å². The average molecular weight is 174 g/mol. The molecule has 2 rings (SSSR count). The molecular formula is C7H14N2O3. The number of nitrogens with one attached hydrogen (secondary N) is 2. The maximum Gasteiger partial charge on any atom is 0.177 e. The molecule has 70 valence electrons. The van der Waals surface area contributed by atoms with Crippen molar-refractivity contribution >= 4 is 0 Å². The Labute approximate surface area is 71.0 Å². The summed E-state index contributed by atoms with van der Waals surface area (Å²) in [7, 11) is 0. The third kappa shape index (κ3) is 1.23. The lowest BCUT2D eigenvalue weighted by molar-refractivity contribution is -1.27. The monoisotopic (exact) mass is 174 g/mol. The number of fused-ring (bicyclic) bond motifs is 1. The Balaban J connectivity index is 2.07. The maximum atomic E-state index is 11.1. The van der Waals surface area contributed by atoms with Gasteiger partial charge in [-0.15, -0.1) is 0 Å². The lowest BCUT2D eigenvalue weighted by Crippen LogP contribution is -3.18. The highest BCUT2D eigenvalue weighted by molar-refractivity contribution is 4.77. The fourth-order valence-electron chi connectivity index (χ4n) is 2.17. The lowest BCUT2D eigenvalue weighted by Gasteiger charge is -2.27. The molecule has 5 unspecified atom stereocenters. The summed E-state index contributed by atoms with van der Waals surface area (Å²) in [6.45, 7) is 2.12. The van der Waals surface area contributed by atoms with Gasteiger partial charge in [-0.1, -0.05) is 6.92 Å². The van der Waals surface area contributed by atoms with Crippen LogP contribution in [0.5, 0.6) is 0 Å². The van der Waals surface area contributed by atoms with Crippen molar-refractivity contribution in [3.05, 3.63) is 10.4 Å². The summed E-state index contributed by atoms with van der Waals surface area (Å²) in [4.78, 5) is 4.58. The minimum absolute atomic E-state index is 0.117. The summed E-state index contributed by atoms with van der Waals surface area (Å²) in [6, 6.07) is -0.241. The second-order valence-corrected chi connectivity index (χ2v) is 3.87. The van der Waals surface area contributed by atoms with E-state index in [-0.39, 0.29) is 22.5 Å². The molecule has 0 aromatic carbocycles. The summed E-state index contributed by atoms with van der Waals surface area (Å²) >= 11 is 0. The third-order valence-electron chi connectivity index (χ3n) is 2.92. The first-order chi connectivity index (χ1) is 5.68. The predicted molar refractivity (Wildman–Crippen MR) is 40.3 cm³/mol. The molecule has 1 saturated heterocycles. The number of hydrogen-bond donors (Lipinski definition) is 2. The summed E-state index contributed by atoms with van der Waals surface area (Å²) < 4.78 is 0. The zero-order valence-corrected chi connectivity index (χ0v) is 7.08. The van der Waals surface area contributed by atoms with E-state index >= 15 is 0 Å². The smallest absolute Gasteiger partial charge is 0.177 e. The minimum atomic E-state index is -0.295. The predicted octanol–water partition coefficient (Wildman–Crippen LogP) is -1.83. The highest BCUT2D eigenvalue weighted by atomic mass is 17.1. The first kappa shape index (κ1) is 8.40. The van der Waals surface area contributed by atoms with E-state index in [2.05, 4.69) is 11.9 Å². The molecule has 5 nitrogen and oxygen atoms in total. The highest BCUT2D eigenvalue weighted by Crippen LogP contribution is 2.22. The number of hydrogen-bond acceptors (Lipinski definition) is 3. The van der Waals surface area contributed by atoms with Gasteiger partial charge in [-0.3, -0.25) is 0 Å². The van der Waals surface area contributed by atoms with Crippen LogP contribution >= 0.6 is 0 Å². The van der Waals surface area contributed by atoms with E-state index in [1.54, 1.807) is 0 Å². The van der Waals surface area contributed by atoms with Gasteiger partial charge in [0, 0.05) is 12.8 Å². The van der Waals surface area contributed by atoms with Gasteiger partial charge < -0.3 is 10.4 Å². The first-order valence-electron chi connectivity index (χ1n) is 4.44. The van der Waals surface area contributed by atoms with Crippen LogP contribution in [0.3, 0.4) is 0 Å². The van der Waals surface area contributed by atoms with E-state index < -0.39 is 0 Å². The fraction of sp³-hybridized carbons (Fsp3) is 1.00. The molecule has 5 heteroatoms. The van der Waals surface area contributed by atoms with Crippen molar-refractivity contribution in [3.8, 4) is 0 Å². The van der Waals surface area contributed by atoms with Gasteiger partial charge in [0.2, 0.25) is 0 Å². The SMILES string of the molecule is CC1CCC2C(C1)[NH+]([O-])O[NH+]2[O-]. The third-order valence-corrected chi connectivity index (χ3v) is 2.92. The van der Waals surface area contributed by atoms with Crippen LogP contribution in [0, 0.1) is 16.3 Å². The Morgan fingerprint density at radius 2 is 1.83 bits per heavy atom. The van der Waals surface area contributed by atoms with Crippen molar-refractivity contribution in [1.82, 2.24) is 0 Å². The van der Waals surface area contributed by atoms with Crippen LogP contribution in [-0.2, 0) is 4.94 Å². The van der Waals surface area contributed by atoms with Gasteiger partial charge >= 0.3 is 0 Å². The summed E-state index contributed by atoms with van der Waals surface area (Å²) in [6.07, 6.45) is 2.70. The van der Waals surface area contributed by atoms with Gasteiger partial charge in [0.25, 0.3) is 0 Å². The van der Waals surface area contributed by atoms with Crippen LogP contribution in [0.1, 0.15) is 26.2 Å². The van der Waals surface area contributed by atoms with Crippen molar-refractivity contribution in [3.63, 3.8) is 0 Å². The van der Waals surface area contributed by atoms with Crippen molar-refractivity contribution in [2.24, 2.45) is 5.92 Å². The lowest BCUT2D eigenvalue weighted by atomic mass is 9.84. The molecule has 2 aliphatic rings. The molecule has 1 heterocycles. The Hall–Kier alpha value is -0.200. The molecule has 1 aliphatic carbocycles. The van der Waals surface area contributed by atoms with Gasteiger partial charge in [-0.2, -0.15) is 10.5 Å². The van der Waals surface area contributed by atoms with Gasteiger partial charge in [-0.05, 0) is 17.3 Å². The molecule has 0 aromatic rings. The number of rotatable bonds is 0. The normalized spacial score (nSPS) is 53.8. The molecule has 0 aromatic heterocycles. The number of hydroxylamine groups is 4. The molecule has 12 heavy (non-hydrogen) atoms. The van der Waals surface area contributed by atoms with Crippen LogP contribution in [0.2, 0.25) is 0 Å². The molecule has 2 fully saturated rings. The number of quaternary nitrogens is 2. The van der Waals surface area contributed by atoms with Crippen LogP contribution in [0.15, 0.2) is 0 Å². The Bertz CT molecular complexity index is 178. The van der Waals surface area contributed by atoms with Gasteiger partial charge in [0.05, 0.1) is 0 Å². The molecule has 0 radical (unpaired) electrons. The van der Waals surface area contributed by atoms with Gasteiger partial charge in [0.15, 0.2) is 12.1 Å². The van der Waals surface area contributed by atoms with E-state index in [9.17, 15) is 10.4 Å². The van der Waals surface area contributed by atoms with Crippen molar-refractivity contribution in [1.29, 1.82) is 0 Å². The largest absolute Gasteiger partial charge is 0.595 e. The van der Waals surface area contributed by atoms with Gasteiger partial charge in [0.1, 0.15) is 0 Å². The van der Waals surface area contributed by atoms with E-state index in [0.717, 1.165) is 19.3 Å². The van der Waals surface area contributed by atoms with Crippen molar-refractivity contribution in [2.75, 3.05) is 0 Å². The zero-order chi connectivity index (χ0) is 8.72. The molecule has 0 spiro atoms. The summed E-state index contributed by atoms with van der Waals surface area (Å²) in [5.41, 5.74) is 0. The molecular weight excluding hydrogens is 160 g/mol. The van der Waals surface area contributed by atoms with Gasteiger partial charge in [-0.25, -0.2) is 0 Å². The van der Waals surface area contributed by atoms with Crippen LogP contribution in [0.4, 0.5) is 0 Å². The van der Waals surface area contributed by atoms with Crippen LogP contribution in [0.25, 0.3) is 0 Å². The average Bonchev–Trinajstić information content (AvgIpc) is 2.28. The fourth-order valence-corrected chi connectivity index (χ4v) is 2.17. The Morgan fingerprint density at radius 1 is 1.17 bits per heavy atom. The Kier molecular flexibility index (Phi) is 2.05. The van der Waals surface area contributed by atoms with Crippen LogP contribution in [-0.4, -0.2) is 12.1 Å². The van der Waals surface area contributed by atoms with Crippen LogP contribution < -0.4 is 10.5 Å². The molecule has 0 amide bonds. The molecule has 1 aliphatic heterocycles. The standard InChI is InChI=1S/C7H14N2O3/c1-5-2-3-6-7(4-5)9(11)12-8(6)10/h5-9H,2-4H2,1H3. The highest BCUT2D eigenvalue weighted by Gasteiger charge is 2.46. The summed E-state index contributed by atoms with van der Waals surface area (Å²) in [5, 5.41) is 21.6. The minimum Gasteiger partial charge on any atom is -0.595 e. The first-order valence-corrected chi connectivity index (χ1v) is 4.44. The van der Waals surface area contributed by atoms with E-state index in [1.165, 1.54) is 0 Å². The Morgan fingerprint density at radius 3 is 2.58 bits per heavy atom. The molecule has 2 N–H and O–H groups in total. The summed E-state index contributed by atoms with van der Waals surface area (Å²) in [5.74, 6) is 0.560. The topological polar surface area (TPSA) is 64.2 Å². The maximum absolute atomic E-state index is 11.1. The van der Waals surface area contributed by atoms with E-state index in [1.807, 2.05) is 0 Å². The second-order valence-electron chi connectivity index (χ2n) is 3.87. The quantitative estimate of drug-likeness (QED) is 0.424.